The van der Waals surface area contributed by atoms with Gasteiger partial charge in [-0.2, -0.15) is 0 Å². The quantitative estimate of drug-likeness (QED) is 0.758. The van der Waals surface area contributed by atoms with E-state index in [0.717, 1.165) is 39.1 Å². The average molecular weight is 356 g/mol. The summed E-state index contributed by atoms with van der Waals surface area (Å²) in [5, 5.41) is -0.0269. The number of carbonyl (C=O) groups is 1. The van der Waals surface area contributed by atoms with E-state index >= 15 is 0 Å². The van der Waals surface area contributed by atoms with Crippen LogP contribution in [-0.4, -0.2) is 49.3 Å². The van der Waals surface area contributed by atoms with Gasteiger partial charge in [0.05, 0.1) is 18.1 Å². The molecular formula is C18H23ClFNO3. The van der Waals surface area contributed by atoms with Crippen molar-refractivity contribution in [2.24, 2.45) is 5.92 Å². The molecule has 2 aliphatic heterocycles. The molecule has 24 heavy (non-hydrogen) atoms. The second-order valence-corrected chi connectivity index (χ2v) is 7.07. The van der Waals surface area contributed by atoms with Gasteiger partial charge in [-0.3, -0.25) is 4.79 Å². The van der Waals surface area contributed by atoms with Gasteiger partial charge in [0, 0.05) is 25.4 Å². The highest BCUT2D eigenvalue weighted by atomic mass is 35.5. The van der Waals surface area contributed by atoms with Crippen LogP contribution in [-0.2, 0) is 9.47 Å². The lowest BCUT2D eigenvalue weighted by Gasteiger charge is -2.53. The molecule has 0 N–H and O–H groups in total. The largest absolute Gasteiger partial charge is 0.382 e. The minimum absolute atomic E-state index is 0.0269. The van der Waals surface area contributed by atoms with Crippen molar-refractivity contribution in [1.29, 1.82) is 0 Å². The Hall–Kier alpha value is -1.17. The predicted octanol–water partition coefficient (Wildman–Crippen LogP) is 3.53. The number of likely N-dealkylation sites (tertiary alicyclic amines) is 1. The maximum absolute atomic E-state index is 13.2. The molecule has 0 radical (unpaired) electrons. The topological polar surface area (TPSA) is 38.8 Å². The lowest BCUT2D eigenvalue weighted by atomic mass is 9.79. The van der Waals surface area contributed by atoms with Crippen molar-refractivity contribution in [2.75, 3.05) is 32.9 Å². The van der Waals surface area contributed by atoms with Crippen molar-refractivity contribution in [3.8, 4) is 0 Å². The van der Waals surface area contributed by atoms with E-state index in [2.05, 4.69) is 0 Å². The van der Waals surface area contributed by atoms with Crippen LogP contribution in [0.25, 0.3) is 0 Å². The molecule has 2 aliphatic rings. The number of rotatable bonds is 5. The SMILES string of the molecule is CCOCC[C@H]1CCOC2(C1)CN(C(=O)c1ccc(F)c(Cl)c1)C2. The molecule has 2 heterocycles. The zero-order valence-electron chi connectivity index (χ0n) is 13.9. The van der Waals surface area contributed by atoms with Crippen molar-refractivity contribution in [1.82, 2.24) is 4.90 Å². The highest BCUT2D eigenvalue weighted by Crippen LogP contribution is 2.38. The lowest BCUT2D eigenvalue weighted by Crippen LogP contribution is -2.66. The average Bonchev–Trinajstić information content (AvgIpc) is 2.55. The number of amides is 1. The van der Waals surface area contributed by atoms with Gasteiger partial charge in [-0.25, -0.2) is 4.39 Å². The van der Waals surface area contributed by atoms with E-state index in [-0.39, 0.29) is 16.5 Å². The normalized spacial score (nSPS) is 22.5. The van der Waals surface area contributed by atoms with Crippen LogP contribution in [0.15, 0.2) is 18.2 Å². The Morgan fingerprint density at radius 3 is 3.00 bits per heavy atom. The molecule has 2 saturated heterocycles. The summed E-state index contributed by atoms with van der Waals surface area (Å²) in [6.45, 7) is 5.45. The van der Waals surface area contributed by atoms with Crippen molar-refractivity contribution in [2.45, 2.75) is 31.8 Å². The van der Waals surface area contributed by atoms with Crippen molar-refractivity contribution >= 4 is 17.5 Å². The van der Waals surface area contributed by atoms with E-state index in [1.807, 2.05) is 6.92 Å². The Morgan fingerprint density at radius 1 is 1.50 bits per heavy atom. The van der Waals surface area contributed by atoms with Crippen LogP contribution < -0.4 is 0 Å². The van der Waals surface area contributed by atoms with Gasteiger partial charge in [-0.15, -0.1) is 0 Å². The van der Waals surface area contributed by atoms with Gasteiger partial charge in [0.25, 0.3) is 5.91 Å². The number of benzene rings is 1. The number of nitrogens with zero attached hydrogens (tertiary/aromatic N) is 1. The summed E-state index contributed by atoms with van der Waals surface area (Å²) in [5.41, 5.74) is 0.203. The zero-order chi connectivity index (χ0) is 17.2. The fraction of sp³-hybridized carbons (Fsp3) is 0.611. The molecule has 0 aliphatic carbocycles. The minimum atomic E-state index is -0.513. The number of halogens is 2. The molecule has 0 saturated carbocycles. The van der Waals surface area contributed by atoms with Crippen LogP contribution in [0.4, 0.5) is 4.39 Å². The molecule has 0 unspecified atom stereocenters. The van der Waals surface area contributed by atoms with Gasteiger partial charge in [0.1, 0.15) is 11.4 Å². The van der Waals surface area contributed by atoms with Crippen LogP contribution in [0.2, 0.25) is 5.02 Å². The van der Waals surface area contributed by atoms with Crippen molar-refractivity contribution in [3.63, 3.8) is 0 Å². The maximum atomic E-state index is 13.2. The molecule has 1 aromatic rings. The van der Waals surface area contributed by atoms with E-state index in [9.17, 15) is 9.18 Å². The molecule has 132 valence electrons. The third kappa shape index (κ3) is 3.73. The summed E-state index contributed by atoms with van der Waals surface area (Å²) in [4.78, 5) is 14.2. The third-order valence-corrected chi connectivity index (χ3v) is 5.17. The summed E-state index contributed by atoms with van der Waals surface area (Å²) < 4.78 is 24.7. The summed E-state index contributed by atoms with van der Waals surface area (Å²) in [7, 11) is 0. The van der Waals surface area contributed by atoms with Crippen molar-refractivity contribution in [3.05, 3.63) is 34.6 Å². The van der Waals surface area contributed by atoms with Crippen LogP contribution in [0.3, 0.4) is 0 Å². The van der Waals surface area contributed by atoms with Crippen LogP contribution in [0.5, 0.6) is 0 Å². The van der Waals surface area contributed by atoms with Gasteiger partial charge >= 0.3 is 0 Å². The molecule has 1 spiro atoms. The van der Waals surface area contributed by atoms with Gasteiger partial charge in [-0.1, -0.05) is 11.6 Å². The molecule has 2 fully saturated rings. The molecule has 1 amide bonds. The Bertz CT molecular complexity index is 604. The number of carbonyl (C=O) groups excluding carboxylic acids is 1. The fourth-order valence-electron chi connectivity index (χ4n) is 3.60. The molecule has 4 nitrogen and oxygen atoms in total. The Morgan fingerprint density at radius 2 is 2.29 bits per heavy atom. The first kappa shape index (κ1) is 17.6. The van der Waals surface area contributed by atoms with Gasteiger partial charge in [0.2, 0.25) is 0 Å². The highest BCUT2D eigenvalue weighted by molar-refractivity contribution is 6.31. The molecule has 0 aromatic heterocycles. The Kier molecular flexibility index (Phi) is 5.42. The highest BCUT2D eigenvalue weighted by Gasteiger charge is 2.49. The molecular weight excluding hydrogens is 333 g/mol. The summed E-state index contributed by atoms with van der Waals surface area (Å²) in [6.07, 6.45) is 3.06. The number of hydrogen-bond donors (Lipinski definition) is 0. The number of ether oxygens (including phenoxy) is 2. The smallest absolute Gasteiger partial charge is 0.254 e. The first-order valence-corrected chi connectivity index (χ1v) is 8.87. The van der Waals surface area contributed by atoms with E-state index in [4.69, 9.17) is 21.1 Å². The minimum Gasteiger partial charge on any atom is -0.382 e. The first-order valence-electron chi connectivity index (χ1n) is 8.49. The fourth-order valence-corrected chi connectivity index (χ4v) is 3.78. The summed E-state index contributed by atoms with van der Waals surface area (Å²) >= 11 is 5.76. The monoisotopic (exact) mass is 355 g/mol. The Balaban J connectivity index is 1.55. The van der Waals surface area contributed by atoms with E-state index < -0.39 is 5.82 Å². The van der Waals surface area contributed by atoms with Crippen LogP contribution >= 0.6 is 11.6 Å². The second-order valence-electron chi connectivity index (χ2n) is 6.67. The summed E-state index contributed by atoms with van der Waals surface area (Å²) in [6, 6.07) is 4.09. The second kappa shape index (κ2) is 7.38. The van der Waals surface area contributed by atoms with Gasteiger partial charge < -0.3 is 14.4 Å². The van der Waals surface area contributed by atoms with E-state index in [1.165, 1.54) is 18.2 Å². The standard InChI is InChI=1S/C18H23ClFNO3/c1-2-23-7-5-13-6-8-24-18(10-13)11-21(12-18)17(22)14-3-4-16(20)15(19)9-14/h3-4,9,13H,2,5-8,10-12H2,1H3/t13-/m0/s1. The van der Waals surface area contributed by atoms with E-state index in [1.54, 1.807) is 4.90 Å². The molecule has 1 aromatic carbocycles. The molecule has 1 atom stereocenters. The molecule has 3 rings (SSSR count). The van der Waals surface area contributed by atoms with Crippen LogP contribution in [0, 0.1) is 11.7 Å². The van der Waals surface area contributed by atoms with Crippen molar-refractivity contribution < 1.29 is 18.7 Å². The molecule has 6 heteroatoms. The van der Waals surface area contributed by atoms with Gasteiger partial charge in [0.15, 0.2) is 0 Å². The van der Waals surface area contributed by atoms with E-state index in [0.29, 0.717) is 24.6 Å². The third-order valence-electron chi connectivity index (χ3n) is 4.88. The van der Waals surface area contributed by atoms with Crippen LogP contribution in [0.1, 0.15) is 36.5 Å². The first-order chi connectivity index (χ1) is 11.5. The molecule has 0 bridgehead atoms. The number of hydrogen-bond acceptors (Lipinski definition) is 3. The maximum Gasteiger partial charge on any atom is 0.254 e. The Labute approximate surface area is 146 Å². The predicted molar refractivity (Wildman–Crippen MR) is 89.8 cm³/mol. The zero-order valence-corrected chi connectivity index (χ0v) is 14.7. The summed E-state index contributed by atoms with van der Waals surface area (Å²) in [5.74, 6) is -0.0496. The lowest BCUT2D eigenvalue weighted by molar-refractivity contribution is -0.167. The van der Waals surface area contributed by atoms with Gasteiger partial charge in [-0.05, 0) is 50.3 Å².